The second-order valence-corrected chi connectivity index (χ2v) is 3.75. The normalized spacial score (nSPS) is 25.0. The Bertz CT molecular complexity index is 284. The highest BCUT2D eigenvalue weighted by molar-refractivity contribution is 7.86. The Balaban J connectivity index is 2.88. The molecule has 0 radical (unpaired) electrons. The molecule has 1 heterocycles. The topological polar surface area (TPSA) is 83.9 Å². The number of hydrogen-bond acceptors (Lipinski definition) is 4. The molecule has 6 nitrogen and oxygen atoms in total. The minimum atomic E-state index is -4.31. The molecular weight excluding hydrogens is 186 g/mol. The molecule has 7 heteroatoms. The van der Waals surface area contributed by atoms with E-state index in [2.05, 4.69) is 4.74 Å². The van der Waals surface area contributed by atoms with Crippen LogP contribution in [0.2, 0.25) is 0 Å². The van der Waals surface area contributed by atoms with E-state index in [0.717, 1.165) is 4.90 Å². The van der Waals surface area contributed by atoms with Gasteiger partial charge in [-0.3, -0.25) is 9.35 Å². The minimum Gasteiger partial charge on any atom is -0.333 e. The standard InChI is InChI=1S/C5H9NO5S/c1-2-6-4(7)3-11-5(6)12(8,9)10/h5H,2-3H2,1H3,(H,8,9,10). The molecule has 0 aliphatic carbocycles. The highest BCUT2D eigenvalue weighted by Crippen LogP contribution is 2.15. The molecule has 0 spiro atoms. The van der Waals surface area contributed by atoms with E-state index in [4.69, 9.17) is 4.55 Å². The van der Waals surface area contributed by atoms with Gasteiger partial charge in [0.15, 0.2) is 0 Å². The smallest absolute Gasteiger partial charge is 0.312 e. The number of carbonyl (C=O) groups excluding carboxylic acids is 1. The first kappa shape index (κ1) is 9.43. The second kappa shape index (κ2) is 3.00. The van der Waals surface area contributed by atoms with Crippen LogP contribution >= 0.6 is 0 Å². The van der Waals surface area contributed by atoms with Gasteiger partial charge in [0.25, 0.3) is 11.5 Å². The molecule has 12 heavy (non-hydrogen) atoms. The van der Waals surface area contributed by atoms with Crippen molar-refractivity contribution in [2.45, 2.75) is 12.5 Å². The van der Waals surface area contributed by atoms with E-state index < -0.39 is 21.6 Å². The van der Waals surface area contributed by atoms with Crippen LogP contribution in [0.5, 0.6) is 0 Å². The van der Waals surface area contributed by atoms with Gasteiger partial charge in [-0.25, -0.2) is 0 Å². The quantitative estimate of drug-likeness (QED) is 0.573. The number of hydrogen-bond donors (Lipinski definition) is 1. The third-order valence-corrected chi connectivity index (χ3v) is 2.42. The molecule has 1 saturated heterocycles. The van der Waals surface area contributed by atoms with Crippen molar-refractivity contribution in [2.24, 2.45) is 0 Å². The molecule has 1 unspecified atom stereocenters. The molecule has 1 amide bonds. The molecule has 0 bridgehead atoms. The van der Waals surface area contributed by atoms with E-state index in [0.29, 0.717) is 0 Å². The van der Waals surface area contributed by atoms with Gasteiger partial charge in [-0.15, -0.1) is 0 Å². The van der Waals surface area contributed by atoms with Crippen LogP contribution < -0.4 is 0 Å². The molecular formula is C5H9NO5S. The Morgan fingerprint density at radius 3 is 2.67 bits per heavy atom. The van der Waals surface area contributed by atoms with Crippen LogP contribution in [0.1, 0.15) is 6.92 Å². The monoisotopic (exact) mass is 195 g/mol. The number of likely N-dealkylation sites (N-methyl/N-ethyl adjacent to an activating group) is 1. The Labute approximate surface area is 69.9 Å². The van der Waals surface area contributed by atoms with Crippen LogP contribution in [0.25, 0.3) is 0 Å². The van der Waals surface area contributed by atoms with Gasteiger partial charge in [-0.2, -0.15) is 8.42 Å². The molecule has 70 valence electrons. The first-order valence-electron chi connectivity index (χ1n) is 3.34. The van der Waals surface area contributed by atoms with Gasteiger partial charge in [0.05, 0.1) is 0 Å². The molecule has 1 atom stereocenters. The Morgan fingerprint density at radius 2 is 2.33 bits per heavy atom. The molecule has 0 aromatic carbocycles. The van der Waals surface area contributed by atoms with Crippen molar-refractivity contribution in [3.63, 3.8) is 0 Å². The zero-order valence-corrected chi connectivity index (χ0v) is 7.24. The van der Waals surface area contributed by atoms with Crippen molar-refractivity contribution in [2.75, 3.05) is 13.2 Å². The fourth-order valence-corrected chi connectivity index (χ4v) is 1.83. The Kier molecular flexibility index (Phi) is 2.36. The summed E-state index contributed by atoms with van der Waals surface area (Å²) in [4.78, 5) is 11.8. The molecule has 1 N–H and O–H groups in total. The summed E-state index contributed by atoms with van der Waals surface area (Å²) < 4.78 is 34.3. The number of rotatable bonds is 2. The van der Waals surface area contributed by atoms with Crippen LogP contribution in [0.3, 0.4) is 0 Å². The summed E-state index contributed by atoms with van der Waals surface area (Å²) in [7, 11) is -4.31. The van der Waals surface area contributed by atoms with Crippen molar-refractivity contribution in [3.8, 4) is 0 Å². The first-order chi connectivity index (χ1) is 5.46. The lowest BCUT2D eigenvalue weighted by atomic mass is 10.5. The highest BCUT2D eigenvalue weighted by Gasteiger charge is 2.39. The van der Waals surface area contributed by atoms with Gasteiger partial charge in [0.2, 0.25) is 0 Å². The SMILES string of the molecule is CCN1C(=O)COC1S(=O)(=O)O. The summed E-state index contributed by atoms with van der Waals surface area (Å²) in [6.07, 6.45) is 0. The summed E-state index contributed by atoms with van der Waals surface area (Å²) in [6, 6.07) is 0. The maximum absolute atomic E-state index is 10.9. The van der Waals surface area contributed by atoms with Crippen molar-refractivity contribution in [1.82, 2.24) is 4.90 Å². The van der Waals surface area contributed by atoms with E-state index in [1.54, 1.807) is 6.92 Å². The zero-order valence-electron chi connectivity index (χ0n) is 6.43. The predicted molar refractivity (Wildman–Crippen MR) is 38.7 cm³/mol. The average Bonchev–Trinajstić information content (AvgIpc) is 2.29. The second-order valence-electron chi connectivity index (χ2n) is 2.31. The van der Waals surface area contributed by atoms with E-state index in [-0.39, 0.29) is 13.2 Å². The lowest BCUT2D eigenvalue weighted by Gasteiger charge is -2.17. The fraction of sp³-hybridized carbons (Fsp3) is 0.800. The van der Waals surface area contributed by atoms with E-state index in [9.17, 15) is 13.2 Å². The summed E-state index contributed by atoms with van der Waals surface area (Å²) in [5, 5.41) is 0. The minimum absolute atomic E-state index is 0.198. The first-order valence-corrected chi connectivity index (χ1v) is 4.84. The third-order valence-electron chi connectivity index (χ3n) is 1.52. The molecule has 0 saturated carbocycles. The summed E-state index contributed by atoms with van der Waals surface area (Å²) >= 11 is 0. The fourth-order valence-electron chi connectivity index (χ4n) is 1.01. The molecule has 0 aromatic rings. The maximum atomic E-state index is 10.9. The lowest BCUT2D eigenvalue weighted by Crippen LogP contribution is -2.38. The highest BCUT2D eigenvalue weighted by atomic mass is 32.2. The average molecular weight is 195 g/mol. The predicted octanol–water partition coefficient (Wildman–Crippen LogP) is -0.963. The summed E-state index contributed by atoms with van der Waals surface area (Å²) in [5.74, 6) is -0.430. The van der Waals surface area contributed by atoms with Crippen LogP contribution in [-0.2, 0) is 19.6 Å². The molecule has 1 aliphatic heterocycles. The van der Waals surface area contributed by atoms with Crippen LogP contribution in [0, 0.1) is 0 Å². The largest absolute Gasteiger partial charge is 0.333 e. The maximum Gasteiger partial charge on any atom is 0.312 e. The molecule has 1 aliphatic rings. The van der Waals surface area contributed by atoms with E-state index >= 15 is 0 Å². The Hall–Kier alpha value is -0.660. The van der Waals surface area contributed by atoms with E-state index in [1.807, 2.05) is 0 Å². The Morgan fingerprint density at radius 1 is 1.75 bits per heavy atom. The molecule has 1 rings (SSSR count). The van der Waals surface area contributed by atoms with Crippen molar-refractivity contribution < 1.29 is 22.5 Å². The van der Waals surface area contributed by atoms with Crippen LogP contribution in [0.15, 0.2) is 0 Å². The van der Waals surface area contributed by atoms with Crippen molar-refractivity contribution in [3.05, 3.63) is 0 Å². The number of amides is 1. The molecule has 1 fully saturated rings. The summed E-state index contributed by atoms with van der Waals surface area (Å²) in [6.45, 7) is 1.51. The number of carbonyl (C=O) groups is 1. The van der Waals surface area contributed by atoms with Gasteiger partial charge in [0.1, 0.15) is 6.61 Å². The lowest BCUT2D eigenvalue weighted by molar-refractivity contribution is -0.127. The molecule has 0 aromatic heterocycles. The van der Waals surface area contributed by atoms with Crippen molar-refractivity contribution in [1.29, 1.82) is 0 Å². The van der Waals surface area contributed by atoms with Gasteiger partial charge >= 0.3 is 10.1 Å². The summed E-state index contributed by atoms with van der Waals surface area (Å²) in [5.41, 5.74) is -1.52. The van der Waals surface area contributed by atoms with Crippen LogP contribution in [0.4, 0.5) is 0 Å². The van der Waals surface area contributed by atoms with Gasteiger partial charge in [-0.1, -0.05) is 0 Å². The number of ether oxygens (including phenoxy) is 1. The van der Waals surface area contributed by atoms with Crippen LogP contribution in [-0.4, -0.2) is 42.5 Å². The van der Waals surface area contributed by atoms with Gasteiger partial charge in [0, 0.05) is 6.54 Å². The van der Waals surface area contributed by atoms with Gasteiger partial charge in [-0.05, 0) is 6.92 Å². The van der Waals surface area contributed by atoms with Gasteiger partial charge < -0.3 is 9.64 Å². The van der Waals surface area contributed by atoms with E-state index in [1.165, 1.54) is 0 Å². The zero-order chi connectivity index (χ0) is 9.35. The number of nitrogens with zero attached hydrogens (tertiary/aromatic N) is 1. The van der Waals surface area contributed by atoms with Crippen molar-refractivity contribution >= 4 is 16.0 Å². The third kappa shape index (κ3) is 1.57.